The van der Waals surface area contributed by atoms with E-state index in [9.17, 15) is 9.18 Å². The van der Waals surface area contributed by atoms with Crippen molar-refractivity contribution < 1.29 is 13.9 Å². The summed E-state index contributed by atoms with van der Waals surface area (Å²) in [5, 5.41) is 12.2. The molecule has 0 radical (unpaired) electrons. The number of nitrogens with two attached hydrogens (primary N) is 1. The summed E-state index contributed by atoms with van der Waals surface area (Å²) in [6.45, 7) is 0.322. The number of amides is 1. The Morgan fingerprint density at radius 3 is 2.81 bits per heavy atom. The van der Waals surface area contributed by atoms with E-state index in [2.05, 4.69) is 20.7 Å². The molecule has 0 aliphatic carbocycles. The molecule has 0 saturated heterocycles. The van der Waals surface area contributed by atoms with E-state index < -0.39 is 0 Å². The maximum atomic E-state index is 12.9. The van der Waals surface area contributed by atoms with E-state index in [0.717, 1.165) is 22.5 Å². The maximum Gasteiger partial charge on any atom is 0.247 e. The summed E-state index contributed by atoms with van der Waals surface area (Å²) in [7, 11) is 0. The lowest BCUT2D eigenvalue weighted by molar-refractivity contribution is -0.120. The zero-order valence-electron chi connectivity index (χ0n) is 14.1. The van der Waals surface area contributed by atoms with E-state index in [4.69, 9.17) is 10.5 Å². The molecule has 0 bridgehead atoms. The number of hydrazone groups is 1. The van der Waals surface area contributed by atoms with Crippen LogP contribution in [-0.2, 0) is 17.8 Å². The van der Waals surface area contributed by atoms with Crippen LogP contribution < -0.4 is 15.9 Å². The van der Waals surface area contributed by atoms with Gasteiger partial charge in [0.2, 0.25) is 11.0 Å². The number of nitrogen functional groups attached to an aromatic ring is 1. The highest BCUT2D eigenvalue weighted by molar-refractivity contribution is 7.15. The van der Waals surface area contributed by atoms with E-state index in [-0.39, 0.29) is 18.1 Å². The van der Waals surface area contributed by atoms with Gasteiger partial charge in [-0.2, -0.15) is 5.10 Å². The van der Waals surface area contributed by atoms with Crippen LogP contribution in [0.1, 0.15) is 16.1 Å². The molecule has 1 heterocycles. The second-order valence-electron chi connectivity index (χ2n) is 5.49. The molecule has 1 aromatic heterocycles. The third-order valence-corrected chi connectivity index (χ3v) is 4.13. The van der Waals surface area contributed by atoms with Gasteiger partial charge in [0.15, 0.2) is 0 Å². The minimum atomic E-state index is -0.314. The molecule has 0 fully saturated rings. The van der Waals surface area contributed by atoms with Crippen LogP contribution in [0.3, 0.4) is 0 Å². The van der Waals surface area contributed by atoms with Gasteiger partial charge in [-0.15, -0.1) is 10.2 Å². The van der Waals surface area contributed by atoms with Crippen LogP contribution in [0.5, 0.6) is 5.75 Å². The monoisotopic (exact) mass is 385 g/mol. The molecule has 1 amide bonds. The van der Waals surface area contributed by atoms with Crippen LogP contribution >= 0.6 is 11.3 Å². The molecule has 0 atom stereocenters. The van der Waals surface area contributed by atoms with Crippen molar-refractivity contribution in [1.82, 2.24) is 15.6 Å². The summed E-state index contributed by atoms with van der Waals surface area (Å²) in [4.78, 5) is 11.8. The van der Waals surface area contributed by atoms with E-state index >= 15 is 0 Å². The smallest absolute Gasteiger partial charge is 0.247 e. The van der Waals surface area contributed by atoms with Crippen molar-refractivity contribution in [1.29, 1.82) is 0 Å². The van der Waals surface area contributed by atoms with Crippen molar-refractivity contribution in [3.05, 3.63) is 70.5 Å². The van der Waals surface area contributed by atoms with Crippen molar-refractivity contribution in [3.8, 4) is 5.75 Å². The molecule has 0 unspecified atom stereocenters. The fourth-order valence-electron chi connectivity index (χ4n) is 2.13. The molecule has 7 nitrogen and oxygen atoms in total. The molecule has 0 aliphatic heterocycles. The molecule has 0 saturated carbocycles. The van der Waals surface area contributed by atoms with Gasteiger partial charge in [-0.3, -0.25) is 4.79 Å². The Kier molecular flexibility index (Phi) is 6.06. The minimum absolute atomic E-state index is 0.0625. The highest BCUT2D eigenvalue weighted by Gasteiger charge is 2.07. The van der Waals surface area contributed by atoms with E-state index in [0.29, 0.717) is 22.5 Å². The number of rotatable bonds is 7. The number of hydrogen-bond donors (Lipinski definition) is 2. The van der Waals surface area contributed by atoms with Gasteiger partial charge in [0.1, 0.15) is 23.2 Å². The van der Waals surface area contributed by atoms with Gasteiger partial charge in [-0.1, -0.05) is 35.6 Å². The quantitative estimate of drug-likeness (QED) is 0.481. The number of carbonyl (C=O) groups is 1. The van der Waals surface area contributed by atoms with Gasteiger partial charge in [0.25, 0.3) is 0 Å². The van der Waals surface area contributed by atoms with Crippen molar-refractivity contribution in [3.63, 3.8) is 0 Å². The van der Waals surface area contributed by atoms with Crippen molar-refractivity contribution >= 4 is 28.6 Å². The maximum absolute atomic E-state index is 12.9. The van der Waals surface area contributed by atoms with Gasteiger partial charge in [-0.05, 0) is 35.4 Å². The molecule has 0 aliphatic rings. The van der Waals surface area contributed by atoms with Gasteiger partial charge >= 0.3 is 0 Å². The number of benzene rings is 2. The molecule has 138 valence electrons. The predicted molar refractivity (Wildman–Crippen MR) is 101 cm³/mol. The van der Waals surface area contributed by atoms with Crippen LogP contribution in [0.4, 0.5) is 9.52 Å². The van der Waals surface area contributed by atoms with Crippen LogP contribution in [0.25, 0.3) is 0 Å². The third kappa shape index (κ3) is 5.86. The lowest BCUT2D eigenvalue weighted by Crippen LogP contribution is -2.19. The van der Waals surface area contributed by atoms with Crippen molar-refractivity contribution in [2.75, 3.05) is 5.73 Å². The molecule has 9 heteroatoms. The van der Waals surface area contributed by atoms with E-state index in [1.54, 1.807) is 24.3 Å². The van der Waals surface area contributed by atoms with Crippen molar-refractivity contribution in [2.45, 2.75) is 13.0 Å². The normalized spacial score (nSPS) is 10.9. The molecular weight excluding hydrogens is 369 g/mol. The number of ether oxygens (including phenoxy) is 1. The Bertz CT molecular complexity index is 943. The SMILES string of the molecule is Nc1nnc(CC(=O)N/N=C\c2cccc(OCc3ccc(F)cc3)c2)s1. The first-order valence-corrected chi connectivity index (χ1v) is 8.77. The zero-order valence-corrected chi connectivity index (χ0v) is 14.9. The van der Waals surface area contributed by atoms with Gasteiger partial charge in [0, 0.05) is 0 Å². The Morgan fingerprint density at radius 1 is 1.26 bits per heavy atom. The van der Waals surface area contributed by atoms with Gasteiger partial charge in [0.05, 0.1) is 12.6 Å². The summed E-state index contributed by atoms with van der Waals surface area (Å²) in [5.74, 6) is 0.0404. The average Bonchev–Trinajstić information content (AvgIpc) is 3.06. The van der Waals surface area contributed by atoms with Crippen LogP contribution in [0.2, 0.25) is 0 Å². The van der Waals surface area contributed by atoms with Crippen LogP contribution in [0, 0.1) is 5.82 Å². The second kappa shape index (κ2) is 8.86. The summed E-state index contributed by atoms with van der Waals surface area (Å²) in [6, 6.07) is 13.3. The Hall–Kier alpha value is -3.33. The first kappa shape index (κ1) is 18.5. The predicted octanol–water partition coefficient (Wildman–Crippen LogP) is 2.53. The molecule has 2 aromatic carbocycles. The number of anilines is 1. The molecule has 3 aromatic rings. The Labute approximate surface area is 158 Å². The lowest BCUT2D eigenvalue weighted by atomic mass is 10.2. The first-order chi connectivity index (χ1) is 13.1. The minimum Gasteiger partial charge on any atom is -0.489 e. The second-order valence-corrected chi connectivity index (χ2v) is 6.59. The van der Waals surface area contributed by atoms with Crippen LogP contribution in [0.15, 0.2) is 53.6 Å². The standard InChI is InChI=1S/C18H16FN5O2S/c19-14-6-4-12(5-7-14)11-26-15-3-1-2-13(8-15)10-21-22-16(25)9-17-23-24-18(20)27-17/h1-8,10H,9,11H2,(H2,20,24)(H,22,25)/b21-10-. The number of nitrogens with zero attached hydrogens (tertiary/aromatic N) is 3. The summed E-state index contributed by atoms with van der Waals surface area (Å²) in [6.07, 6.45) is 1.57. The summed E-state index contributed by atoms with van der Waals surface area (Å²) in [5.41, 5.74) is 9.51. The van der Waals surface area contributed by atoms with Crippen molar-refractivity contribution in [2.24, 2.45) is 5.10 Å². The van der Waals surface area contributed by atoms with E-state index in [1.807, 2.05) is 12.1 Å². The number of carbonyl (C=O) groups excluding carboxylic acids is 1. The molecule has 27 heavy (non-hydrogen) atoms. The average molecular weight is 385 g/mol. The molecule has 3 rings (SSSR count). The number of hydrogen-bond acceptors (Lipinski definition) is 7. The highest BCUT2D eigenvalue weighted by atomic mass is 32.1. The van der Waals surface area contributed by atoms with Gasteiger partial charge in [-0.25, -0.2) is 9.82 Å². The Morgan fingerprint density at radius 2 is 2.07 bits per heavy atom. The Balaban J connectivity index is 1.51. The number of halogens is 1. The first-order valence-electron chi connectivity index (χ1n) is 7.95. The fraction of sp³-hybridized carbons (Fsp3) is 0.111. The largest absolute Gasteiger partial charge is 0.489 e. The fourth-order valence-corrected chi connectivity index (χ4v) is 2.73. The van der Waals surface area contributed by atoms with Gasteiger partial charge < -0.3 is 10.5 Å². The topological polar surface area (TPSA) is 102 Å². The zero-order chi connectivity index (χ0) is 19.1. The molecule has 3 N–H and O–H groups in total. The number of nitrogens with one attached hydrogen (secondary N) is 1. The molecule has 0 spiro atoms. The van der Waals surface area contributed by atoms with Crippen LogP contribution in [-0.4, -0.2) is 22.3 Å². The highest BCUT2D eigenvalue weighted by Crippen LogP contribution is 2.15. The summed E-state index contributed by atoms with van der Waals surface area (Å²) < 4.78 is 18.6. The number of aromatic nitrogens is 2. The third-order valence-electron chi connectivity index (χ3n) is 3.37. The molecular formula is C18H16FN5O2S. The lowest BCUT2D eigenvalue weighted by Gasteiger charge is -2.07. The van der Waals surface area contributed by atoms with E-state index in [1.165, 1.54) is 18.3 Å². The summed E-state index contributed by atoms with van der Waals surface area (Å²) >= 11 is 1.16.